The highest BCUT2D eigenvalue weighted by Gasteiger charge is 2.25. The minimum absolute atomic E-state index is 0.0465. The topological polar surface area (TPSA) is 38.3 Å². The van der Waals surface area contributed by atoms with Crippen LogP contribution in [0.2, 0.25) is 0 Å². The van der Waals surface area contributed by atoms with Crippen LogP contribution in [0.25, 0.3) is 0 Å². The molecular formula is C13H15NO2. The van der Waals surface area contributed by atoms with Gasteiger partial charge in [-0.05, 0) is 6.07 Å². The first-order chi connectivity index (χ1) is 7.81. The van der Waals surface area contributed by atoms with Gasteiger partial charge in [-0.3, -0.25) is 4.79 Å². The Balaban J connectivity index is 1.98. The van der Waals surface area contributed by atoms with Gasteiger partial charge in [0.05, 0.1) is 6.61 Å². The Morgan fingerprint density at radius 2 is 2.38 bits per heavy atom. The van der Waals surface area contributed by atoms with E-state index in [0.29, 0.717) is 19.6 Å². The van der Waals surface area contributed by atoms with Crippen molar-refractivity contribution in [3.63, 3.8) is 0 Å². The first-order valence-corrected chi connectivity index (χ1v) is 5.40. The molecule has 16 heavy (non-hydrogen) atoms. The number of nitrogens with one attached hydrogen (secondary N) is 1. The predicted molar refractivity (Wildman–Crippen MR) is 62.5 cm³/mol. The van der Waals surface area contributed by atoms with Gasteiger partial charge in [-0.25, -0.2) is 0 Å². The number of hydrogen-bond donors (Lipinski definition) is 1. The molecule has 1 atom stereocenters. The van der Waals surface area contributed by atoms with Gasteiger partial charge in [-0.15, -0.1) is 6.58 Å². The summed E-state index contributed by atoms with van der Waals surface area (Å²) in [5.74, 6) is 1.13. The van der Waals surface area contributed by atoms with Crippen LogP contribution in [-0.2, 0) is 4.79 Å². The Morgan fingerprint density at radius 1 is 1.56 bits per heavy atom. The minimum atomic E-state index is 0.0465. The molecule has 0 aromatic heterocycles. The van der Waals surface area contributed by atoms with E-state index in [1.807, 2.05) is 24.3 Å². The van der Waals surface area contributed by atoms with Gasteiger partial charge in [0.15, 0.2) is 0 Å². The summed E-state index contributed by atoms with van der Waals surface area (Å²) in [4.78, 5) is 11.6. The molecule has 1 unspecified atom stereocenters. The summed E-state index contributed by atoms with van der Waals surface area (Å²) < 4.78 is 5.52. The molecule has 0 saturated heterocycles. The molecule has 1 aliphatic heterocycles. The summed E-state index contributed by atoms with van der Waals surface area (Å²) >= 11 is 0. The van der Waals surface area contributed by atoms with Gasteiger partial charge in [0.2, 0.25) is 5.91 Å². The van der Waals surface area contributed by atoms with Crippen LogP contribution in [0.4, 0.5) is 0 Å². The highest BCUT2D eigenvalue weighted by atomic mass is 16.5. The van der Waals surface area contributed by atoms with Crippen molar-refractivity contribution < 1.29 is 9.53 Å². The van der Waals surface area contributed by atoms with Crippen molar-refractivity contribution in [1.82, 2.24) is 5.32 Å². The van der Waals surface area contributed by atoms with E-state index in [9.17, 15) is 4.79 Å². The first kappa shape index (κ1) is 10.7. The fraction of sp³-hybridized carbons (Fsp3) is 0.308. The summed E-state index contributed by atoms with van der Waals surface area (Å²) in [5.41, 5.74) is 1.14. The van der Waals surface area contributed by atoms with Crippen LogP contribution in [0, 0.1) is 0 Å². The van der Waals surface area contributed by atoms with Gasteiger partial charge in [-0.1, -0.05) is 24.3 Å². The lowest BCUT2D eigenvalue weighted by Gasteiger charge is -2.08. The lowest BCUT2D eigenvalue weighted by Crippen LogP contribution is -2.25. The molecule has 0 radical (unpaired) electrons. The molecule has 1 amide bonds. The number of para-hydroxylation sites is 1. The molecule has 3 nitrogen and oxygen atoms in total. The average Bonchev–Trinajstić information content (AvgIpc) is 2.70. The largest absolute Gasteiger partial charge is 0.493 e. The standard InChI is InChI=1S/C13H15NO2/c1-2-7-14-13(15)8-10-9-16-12-6-4-3-5-11(10)12/h2-6,10H,1,7-9H2,(H,14,15). The highest BCUT2D eigenvalue weighted by Crippen LogP contribution is 2.35. The average molecular weight is 217 g/mol. The van der Waals surface area contributed by atoms with E-state index in [2.05, 4.69) is 11.9 Å². The van der Waals surface area contributed by atoms with Gasteiger partial charge in [0.25, 0.3) is 0 Å². The molecule has 1 aromatic rings. The quantitative estimate of drug-likeness (QED) is 0.782. The van der Waals surface area contributed by atoms with Crippen LogP contribution in [-0.4, -0.2) is 19.1 Å². The van der Waals surface area contributed by atoms with Crippen LogP contribution in [0.1, 0.15) is 17.9 Å². The molecule has 0 aliphatic carbocycles. The Morgan fingerprint density at radius 3 is 3.19 bits per heavy atom. The minimum Gasteiger partial charge on any atom is -0.493 e. The maximum absolute atomic E-state index is 11.6. The SMILES string of the molecule is C=CCNC(=O)CC1COc2ccccc21. The third-order valence-electron chi connectivity index (χ3n) is 2.67. The molecule has 2 rings (SSSR count). The van der Waals surface area contributed by atoms with Crippen molar-refractivity contribution in [3.05, 3.63) is 42.5 Å². The van der Waals surface area contributed by atoms with E-state index >= 15 is 0 Å². The van der Waals surface area contributed by atoms with Crippen molar-refractivity contribution >= 4 is 5.91 Å². The molecular weight excluding hydrogens is 202 g/mol. The molecule has 1 N–H and O–H groups in total. The summed E-state index contributed by atoms with van der Waals surface area (Å²) in [5, 5.41) is 2.78. The lowest BCUT2D eigenvalue weighted by molar-refractivity contribution is -0.121. The van der Waals surface area contributed by atoms with Crippen molar-refractivity contribution in [2.45, 2.75) is 12.3 Å². The third-order valence-corrected chi connectivity index (χ3v) is 2.67. The second-order valence-electron chi connectivity index (χ2n) is 3.84. The predicted octanol–water partition coefficient (Wildman–Crippen LogP) is 1.85. The highest BCUT2D eigenvalue weighted by molar-refractivity contribution is 5.77. The van der Waals surface area contributed by atoms with Gasteiger partial charge < -0.3 is 10.1 Å². The fourth-order valence-electron chi connectivity index (χ4n) is 1.88. The Labute approximate surface area is 95.1 Å². The molecule has 0 bridgehead atoms. The zero-order valence-corrected chi connectivity index (χ0v) is 9.11. The number of ether oxygens (including phenoxy) is 1. The molecule has 1 heterocycles. The lowest BCUT2D eigenvalue weighted by atomic mass is 9.98. The summed E-state index contributed by atoms with van der Waals surface area (Å²) in [6, 6.07) is 7.88. The van der Waals surface area contributed by atoms with E-state index in [1.165, 1.54) is 0 Å². The van der Waals surface area contributed by atoms with E-state index in [1.54, 1.807) is 6.08 Å². The maximum atomic E-state index is 11.6. The number of rotatable bonds is 4. The number of hydrogen-bond acceptors (Lipinski definition) is 2. The van der Waals surface area contributed by atoms with E-state index in [-0.39, 0.29) is 11.8 Å². The van der Waals surface area contributed by atoms with Crippen LogP contribution in [0.3, 0.4) is 0 Å². The zero-order chi connectivity index (χ0) is 11.4. The molecule has 0 saturated carbocycles. The molecule has 0 spiro atoms. The molecule has 3 heteroatoms. The number of benzene rings is 1. The Hall–Kier alpha value is -1.77. The van der Waals surface area contributed by atoms with E-state index in [4.69, 9.17) is 4.74 Å². The molecule has 84 valence electrons. The zero-order valence-electron chi connectivity index (χ0n) is 9.11. The van der Waals surface area contributed by atoms with Crippen LogP contribution in [0.15, 0.2) is 36.9 Å². The smallest absolute Gasteiger partial charge is 0.220 e. The van der Waals surface area contributed by atoms with Gasteiger partial charge >= 0.3 is 0 Å². The number of carbonyl (C=O) groups is 1. The van der Waals surface area contributed by atoms with Crippen molar-refractivity contribution in [1.29, 1.82) is 0 Å². The number of carbonyl (C=O) groups excluding carboxylic acids is 1. The normalized spacial score (nSPS) is 17.4. The monoisotopic (exact) mass is 217 g/mol. The number of fused-ring (bicyclic) bond motifs is 1. The van der Waals surface area contributed by atoms with E-state index < -0.39 is 0 Å². The maximum Gasteiger partial charge on any atom is 0.220 e. The van der Waals surface area contributed by atoms with Gasteiger partial charge in [0.1, 0.15) is 5.75 Å². The van der Waals surface area contributed by atoms with Crippen LogP contribution < -0.4 is 10.1 Å². The second kappa shape index (κ2) is 4.84. The summed E-state index contributed by atoms with van der Waals surface area (Å²) in [6.07, 6.45) is 2.15. The Kier molecular flexibility index (Phi) is 3.25. The molecule has 0 fully saturated rings. The third kappa shape index (κ3) is 2.24. The Bertz CT molecular complexity index is 401. The molecule has 1 aliphatic rings. The van der Waals surface area contributed by atoms with Gasteiger partial charge in [0, 0.05) is 24.4 Å². The molecule has 1 aromatic carbocycles. The van der Waals surface area contributed by atoms with Crippen molar-refractivity contribution in [2.75, 3.05) is 13.2 Å². The van der Waals surface area contributed by atoms with Crippen LogP contribution >= 0.6 is 0 Å². The summed E-state index contributed by atoms with van der Waals surface area (Å²) in [6.45, 7) is 4.68. The number of amides is 1. The second-order valence-corrected chi connectivity index (χ2v) is 3.84. The summed E-state index contributed by atoms with van der Waals surface area (Å²) in [7, 11) is 0. The van der Waals surface area contributed by atoms with Crippen molar-refractivity contribution in [2.24, 2.45) is 0 Å². The fourth-order valence-corrected chi connectivity index (χ4v) is 1.88. The van der Waals surface area contributed by atoms with E-state index in [0.717, 1.165) is 11.3 Å². The van der Waals surface area contributed by atoms with Crippen LogP contribution in [0.5, 0.6) is 5.75 Å². The first-order valence-electron chi connectivity index (χ1n) is 5.40. The van der Waals surface area contributed by atoms with Crippen molar-refractivity contribution in [3.8, 4) is 5.75 Å². The van der Waals surface area contributed by atoms with Gasteiger partial charge in [-0.2, -0.15) is 0 Å².